The van der Waals surface area contributed by atoms with Crippen LogP contribution in [0.5, 0.6) is 0 Å². The molecule has 0 spiro atoms. The fourth-order valence-corrected chi connectivity index (χ4v) is 1.87. The Labute approximate surface area is 79.3 Å². The van der Waals surface area contributed by atoms with Gasteiger partial charge < -0.3 is 0 Å². The summed E-state index contributed by atoms with van der Waals surface area (Å²) in [6.45, 7) is 7.66. The molecule has 2 rings (SSSR count). The Morgan fingerprint density at radius 3 is 2.85 bits per heavy atom. The second kappa shape index (κ2) is 3.14. The number of aromatic nitrogens is 2. The molecule has 0 atom stereocenters. The molecule has 3 nitrogen and oxygen atoms in total. The Morgan fingerprint density at radius 2 is 2.15 bits per heavy atom. The summed E-state index contributed by atoms with van der Waals surface area (Å²) in [5, 5.41) is 4.40. The summed E-state index contributed by atoms with van der Waals surface area (Å²) in [7, 11) is 2.17. The van der Waals surface area contributed by atoms with Crippen molar-refractivity contribution >= 4 is 0 Å². The lowest BCUT2D eigenvalue weighted by Gasteiger charge is -2.24. The van der Waals surface area contributed by atoms with Gasteiger partial charge in [0.2, 0.25) is 0 Å². The third-order valence-corrected chi connectivity index (χ3v) is 2.72. The van der Waals surface area contributed by atoms with Crippen molar-refractivity contribution in [3.8, 4) is 0 Å². The van der Waals surface area contributed by atoms with Gasteiger partial charge in [-0.2, -0.15) is 5.10 Å². The fraction of sp³-hybridized carbons (Fsp3) is 0.700. The second-order valence-electron chi connectivity index (χ2n) is 4.16. The number of hydrogen-bond acceptors (Lipinski definition) is 2. The predicted octanol–water partition coefficient (Wildman–Crippen LogP) is 1.45. The molecule has 0 saturated heterocycles. The van der Waals surface area contributed by atoms with Gasteiger partial charge in [0.25, 0.3) is 0 Å². The zero-order valence-electron chi connectivity index (χ0n) is 8.62. The van der Waals surface area contributed by atoms with Crippen LogP contribution in [0.15, 0.2) is 6.20 Å². The van der Waals surface area contributed by atoms with E-state index in [-0.39, 0.29) is 0 Å². The maximum Gasteiger partial charge on any atom is 0.0559 e. The fourth-order valence-electron chi connectivity index (χ4n) is 1.87. The molecule has 2 heterocycles. The number of hydrogen-bond donors (Lipinski definition) is 0. The van der Waals surface area contributed by atoms with E-state index >= 15 is 0 Å². The lowest BCUT2D eigenvalue weighted by molar-refractivity contribution is 0.257. The molecule has 1 aliphatic heterocycles. The average Bonchev–Trinajstić information content (AvgIpc) is 2.46. The number of fused-ring (bicyclic) bond motifs is 1. The molecule has 0 aromatic carbocycles. The first-order chi connectivity index (χ1) is 6.18. The molecule has 0 amide bonds. The molecule has 3 heteroatoms. The minimum atomic E-state index is 0.593. The Hall–Kier alpha value is -0.830. The Kier molecular flexibility index (Phi) is 2.12. The molecule has 13 heavy (non-hydrogen) atoms. The van der Waals surface area contributed by atoms with E-state index in [4.69, 9.17) is 0 Å². The van der Waals surface area contributed by atoms with E-state index in [1.54, 1.807) is 0 Å². The standard InChI is InChI=1S/C10H17N3/c1-8(2)9-6-11-13-5-4-12(3)7-10(9)13/h6,8H,4-5,7H2,1-3H3. The predicted molar refractivity (Wildman–Crippen MR) is 52.7 cm³/mol. The monoisotopic (exact) mass is 179 g/mol. The van der Waals surface area contributed by atoms with Crippen molar-refractivity contribution in [2.45, 2.75) is 32.9 Å². The van der Waals surface area contributed by atoms with Crippen LogP contribution in [-0.2, 0) is 13.1 Å². The lowest BCUT2D eigenvalue weighted by Crippen LogP contribution is -2.31. The summed E-state index contributed by atoms with van der Waals surface area (Å²) in [6.07, 6.45) is 2.03. The van der Waals surface area contributed by atoms with Gasteiger partial charge in [0.05, 0.1) is 18.4 Å². The first-order valence-electron chi connectivity index (χ1n) is 4.91. The average molecular weight is 179 g/mol. The van der Waals surface area contributed by atoms with Gasteiger partial charge in [-0.15, -0.1) is 0 Å². The van der Waals surface area contributed by atoms with Crippen LogP contribution in [0.4, 0.5) is 0 Å². The quantitative estimate of drug-likeness (QED) is 0.650. The van der Waals surface area contributed by atoms with Gasteiger partial charge in [0, 0.05) is 13.1 Å². The number of rotatable bonds is 1. The number of nitrogens with zero attached hydrogens (tertiary/aromatic N) is 3. The van der Waals surface area contributed by atoms with Crippen molar-refractivity contribution in [3.63, 3.8) is 0 Å². The molecule has 1 aromatic rings. The molecule has 0 radical (unpaired) electrons. The maximum atomic E-state index is 4.40. The summed E-state index contributed by atoms with van der Waals surface area (Å²) in [4.78, 5) is 2.35. The van der Waals surface area contributed by atoms with Crippen LogP contribution in [-0.4, -0.2) is 28.3 Å². The van der Waals surface area contributed by atoms with E-state index in [2.05, 4.69) is 35.6 Å². The highest BCUT2D eigenvalue weighted by molar-refractivity contribution is 5.22. The summed E-state index contributed by atoms with van der Waals surface area (Å²) in [5.74, 6) is 0.593. The third kappa shape index (κ3) is 1.48. The van der Waals surface area contributed by atoms with E-state index in [9.17, 15) is 0 Å². The van der Waals surface area contributed by atoms with Crippen molar-refractivity contribution in [2.75, 3.05) is 13.6 Å². The number of likely N-dealkylation sites (N-methyl/N-ethyl adjacent to an activating group) is 1. The smallest absolute Gasteiger partial charge is 0.0559 e. The third-order valence-electron chi connectivity index (χ3n) is 2.72. The summed E-state index contributed by atoms with van der Waals surface area (Å²) < 4.78 is 2.15. The van der Waals surface area contributed by atoms with Gasteiger partial charge in [-0.1, -0.05) is 13.8 Å². The molecule has 0 aliphatic carbocycles. The first kappa shape index (κ1) is 8.75. The maximum absolute atomic E-state index is 4.40. The summed E-state index contributed by atoms with van der Waals surface area (Å²) in [5.41, 5.74) is 2.82. The molecule has 1 aromatic heterocycles. The first-order valence-corrected chi connectivity index (χ1v) is 4.91. The molecule has 1 aliphatic rings. The SMILES string of the molecule is CC(C)c1cnn2c1CN(C)CC2. The highest BCUT2D eigenvalue weighted by Crippen LogP contribution is 2.22. The zero-order chi connectivity index (χ0) is 9.42. The minimum Gasteiger partial charge on any atom is -0.299 e. The van der Waals surface area contributed by atoms with Crippen molar-refractivity contribution < 1.29 is 0 Å². The minimum absolute atomic E-state index is 0.593. The topological polar surface area (TPSA) is 21.1 Å². The Morgan fingerprint density at radius 1 is 1.38 bits per heavy atom. The molecule has 0 unspecified atom stereocenters. The molecule has 0 N–H and O–H groups in total. The van der Waals surface area contributed by atoms with Crippen LogP contribution >= 0.6 is 0 Å². The molecular weight excluding hydrogens is 162 g/mol. The van der Waals surface area contributed by atoms with Gasteiger partial charge >= 0.3 is 0 Å². The largest absolute Gasteiger partial charge is 0.299 e. The highest BCUT2D eigenvalue weighted by atomic mass is 15.3. The lowest BCUT2D eigenvalue weighted by atomic mass is 10.0. The van der Waals surface area contributed by atoms with Gasteiger partial charge in [-0.05, 0) is 18.5 Å². The van der Waals surface area contributed by atoms with E-state index in [0.29, 0.717) is 5.92 Å². The van der Waals surface area contributed by atoms with E-state index in [0.717, 1.165) is 19.6 Å². The van der Waals surface area contributed by atoms with Crippen molar-refractivity contribution in [3.05, 3.63) is 17.5 Å². The normalized spacial score (nSPS) is 17.8. The Balaban J connectivity index is 2.35. The molecule has 72 valence electrons. The Bertz CT molecular complexity index is 301. The molecular formula is C10H17N3. The van der Waals surface area contributed by atoms with Gasteiger partial charge in [-0.25, -0.2) is 0 Å². The van der Waals surface area contributed by atoms with Gasteiger partial charge in [0.1, 0.15) is 0 Å². The molecule has 0 saturated carbocycles. The van der Waals surface area contributed by atoms with Crippen molar-refractivity contribution in [1.29, 1.82) is 0 Å². The highest BCUT2D eigenvalue weighted by Gasteiger charge is 2.18. The van der Waals surface area contributed by atoms with Crippen LogP contribution in [0.1, 0.15) is 31.0 Å². The van der Waals surface area contributed by atoms with E-state index in [1.165, 1.54) is 11.3 Å². The molecule has 0 fully saturated rings. The zero-order valence-corrected chi connectivity index (χ0v) is 8.62. The van der Waals surface area contributed by atoms with Crippen LogP contribution in [0.2, 0.25) is 0 Å². The summed E-state index contributed by atoms with van der Waals surface area (Å²) >= 11 is 0. The van der Waals surface area contributed by atoms with Crippen molar-refractivity contribution in [1.82, 2.24) is 14.7 Å². The van der Waals surface area contributed by atoms with Crippen LogP contribution < -0.4 is 0 Å². The van der Waals surface area contributed by atoms with Crippen LogP contribution in [0.3, 0.4) is 0 Å². The van der Waals surface area contributed by atoms with E-state index < -0.39 is 0 Å². The summed E-state index contributed by atoms with van der Waals surface area (Å²) in [6, 6.07) is 0. The van der Waals surface area contributed by atoms with Gasteiger partial charge in [-0.3, -0.25) is 9.58 Å². The molecule has 0 bridgehead atoms. The van der Waals surface area contributed by atoms with E-state index in [1.807, 2.05) is 6.20 Å². The van der Waals surface area contributed by atoms with Crippen molar-refractivity contribution in [2.24, 2.45) is 0 Å². The second-order valence-corrected chi connectivity index (χ2v) is 4.16. The van der Waals surface area contributed by atoms with Crippen LogP contribution in [0.25, 0.3) is 0 Å². The van der Waals surface area contributed by atoms with Crippen LogP contribution in [0, 0.1) is 0 Å². The van der Waals surface area contributed by atoms with Gasteiger partial charge in [0.15, 0.2) is 0 Å².